The number of hydrogen-bond acceptors (Lipinski definition) is 3. The molecule has 0 bridgehead atoms. The molecule has 1 atom stereocenters. The quantitative estimate of drug-likeness (QED) is 0.812. The molecule has 1 saturated heterocycles. The summed E-state index contributed by atoms with van der Waals surface area (Å²) < 4.78 is 0. The number of likely N-dealkylation sites (tertiary alicyclic amines) is 1. The van der Waals surface area contributed by atoms with Crippen LogP contribution in [0.5, 0.6) is 0 Å². The first-order valence-electron chi connectivity index (χ1n) is 8.78. The number of piperidine rings is 1. The van der Waals surface area contributed by atoms with Gasteiger partial charge in [0.25, 0.3) is 0 Å². The van der Waals surface area contributed by atoms with E-state index in [4.69, 9.17) is 0 Å². The van der Waals surface area contributed by atoms with Crippen LogP contribution in [-0.4, -0.2) is 41.7 Å². The van der Waals surface area contributed by atoms with E-state index in [1.165, 1.54) is 5.56 Å². The summed E-state index contributed by atoms with van der Waals surface area (Å²) in [4.78, 5) is 15.1. The monoisotopic (exact) mass is 318 g/mol. The molecule has 0 spiro atoms. The molecule has 4 nitrogen and oxygen atoms in total. The summed E-state index contributed by atoms with van der Waals surface area (Å²) >= 11 is 0. The molecule has 0 aliphatic carbocycles. The second-order valence-corrected chi connectivity index (χ2v) is 6.80. The Balaban J connectivity index is 1.95. The van der Waals surface area contributed by atoms with Crippen molar-refractivity contribution in [3.05, 3.63) is 35.9 Å². The number of benzene rings is 1. The first-order chi connectivity index (χ1) is 11.1. The van der Waals surface area contributed by atoms with E-state index in [9.17, 15) is 9.90 Å². The fraction of sp³-hybridized carbons (Fsp3) is 0.632. The van der Waals surface area contributed by atoms with Crippen molar-refractivity contribution in [1.29, 1.82) is 0 Å². The molecule has 23 heavy (non-hydrogen) atoms. The highest BCUT2D eigenvalue weighted by Crippen LogP contribution is 2.35. The van der Waals surface area contributed by atoms with Crippen LogP contribution in [0.15, 0.2) is 30.3 Å². The summed E-state index contributed by atoms with van der Waals surface area (Å²) in [5.74, 6) is 0.125. The van der Waals surface area contributed by atoms with Gasteiger partial charge in [-0.2, -0.15) is 0 Å². The van der Waals surface area contributed by atoms with Gasteiger partial charge in [-0.05, 0) is 51.3 Å². The SMILES string of the molecule is CC[C@H](C)NC(=O)C1(CCO)CCN(Cc2ccccc2)CC1. The zero-order valence-electron chi connectivity index (χ0n) is 14.4. The van der Waals surface area contributed by atoms with Gasteiger partial charge in [0.15, 0.2) is 0 Å². The van der Waals surface area contributed by atoms with Crippen molar-refractivity contribution in [2.24, 2.45) is 5.41 Å². The Morgan fingerprint density at radius 3 is 2.52 bits per heavy atom. The van der Waals surface area contributed by atoms with Crippen LogP contribution in [0.25, 0.3) is 0 Å². The lowest BCUT2D eigenvalue weighted by molar-refractivity contribution is -0.136. The van der Waals surface area contributed by atoms with Crippen molar-refractivity contribution >= 4 is 5.91 Å². The van der Waals surface area contributed by atoms with Crippen molar-refractivity contribution in [3.8, 4) is 0 Å². The maximum absolute atomic E-state index is 12.7. The molecule has 0 saturated carbocycles. The third-order valence-electron chi connectivity index (χ3n) is 5.12. The molecule has 2 rings (SSSR count). The predicted molar refractivity (Wildman–Crippen MR) is 93.0 cm³/mol. The molecule has 1 aromatic rings. The highest BCUT2D eigenvalue weighted by Gasteiger charge is 2.40. The fourth-order valence-corrected chi connectivity index (χ4v) is 3.26. The number of aliphatic hydroxyl groups is 1. The van der Waals surface area contributed by atoms with E-state index in [1.54, 1.807) is 0 Å². The molecule has 1 amide bonds. The Kier molecular flexibility index (Phi) is 6.60. The molecular formula is C19H30N2O2. The minimum Gasteiger partial charge on any atom is -0.396 e. The predicted octanol–water partition coefficient (Wildman–Crippen LogP) is 2.57. The van der Waals surface area contributed by atoms with Gasteiger partial charge < -0.3 is 10.4 Å². The van der Waals surface area contributed by atoms with Crippen molar-refractivity contribution in [1.82, 2.24) is 10.2 Å². The van der Waals surface area contributed by atoms with Gasteiger partial charge in [0.05, 0.1) is 5.41 Å². The summed E-state index contributed by atoms with van der Waals surface area (Å²) in [6.07, 6.45) is 3.14. The van der Waals surface area contributed by atoms with E-state index < -0.39 is 5.41 Å². The Bertz CT molecular complexity index is 481. The number of carbonyl (C=O) groups excluding carboxylic acids is 1. The zero-order chi connectivity index (χ0) is 16.7. The standard InChI is InChI=1S/C19H30N2O2/c1-3-16(2)20-18(23)19(11-14-22)9-12-21(13-10-19)15-17-7-5-4-6-8-17/h4-8,16,22H,3,9-15H2,1-2H3,(H,20,23)/t16-/m0/s1. The average molecular weight is 318 g/mol. The molecule has 0 aromatic heterocycles. The van der Waals surface area contributed by atoms with E-state index in [2.05, 4.69) is 41.4 Å². The maximum atomic E-state index is 12.7. The molecule has 1 heterocycles. The third-order valence-corrected chi connectivity index (χ3v) is 5.12. The number of nitrogens with one attached hydrogen (secondary N) is 1. The molecule has 1 fully saturated rings. The zero-order valence-corrected chi connectivity index (χ0v) is 14.4. The van der Waals surface area contributed by atoms with Gasteiger partial charge in [-0.1, -0.05) is 37.3 Å². The van der Waals surface area contributed by atoms with E-state index in [0.29, 0.717) is 6.42 Å². The number of carbonyl (C=O) groups is 1. The average Bonchev–Trinajstić information content (AvgIpc) is 2.57. The first kappa shape index (κ1) is 18.0. The van der Waals surface area contributed by atoms with Crippen LogP contribution in [0.2, 0.25) is 0 Å². The minimum absolute atomic E-state index is 0.0760. The number of hydrogen-bond donors (Lipinski definition) is 2. The van der Waals surface area contributed by atoms with E-state index in [1.807, 2.05) is 13.0 Å². The number of rotatable bonds is 7. The molecule has 0 unspecified atom stereocenters. The van der Waals surface area contributed by atoms with Crippen molar-refractivity contribution in [2.75, 3.05) is 19.7 Å². The minimum atomic E-state index is -0.397. The third kappa shape index (κ3) is 4.79. The highest BCUT2D eigenvalue weighted by molar-refractivity contribution is 5.83. The summed E-state index contributed by atoms with van der Waals surface area (Å²) in [7, 11) is 0. The van der Waals surface area contributed by atoms with Crippen LogP contribution >= 0.6 is 0 Å². The second-order valence-electron chi connectivity index (χ2n) is 6.80. The molecule has 1 aromatic carbocycles. The topological polar surface area (TPSA) is 52.6 Å². The van der Waals surface area contributed by atoms with E-state index >= 15 is 0 Å². The van der Waals surface area contributed by atoms with E-state index in [-0.39, 0.29) is 18.6 Å². The van der Waals surface area contributed by atoms with E-state index in [0.717, 1.165) is 38.9 Å². The lowest BCUT2D eigenvalue weighted by atomic mass is 9.74. The van der Waals surface area contributed by atoms with Crippen molar-refractivity contribution < 1.29 is 9.90 Å². The fourth-order valence-electron chi connectivity index (χ4n) is 3.26. The second kappa shape index (κ2) is 8.46. The van der Waals surface area contributed by atoms with Gasteiger partial charge >= 0.3 is 0 Å². The van der Waals surface area contributed by atoms with Gasteiger partial charge in [0.1, 0.15) is 0 Å². The normalized spacial score (nSPS) is 19.3. The van der Waals surface area contributed by atoms with Crippen LogP contribution in [0.4, 0.5) is 0 Å². The Morgan fingerprint density at radius 1 is 1.30 bits per heavy atom. The molecule has 0 radical (unpaired) electrons. The molecule has 4 heteroatoms. The smallest absolute Gasteiger partial charge is 0.226 e. The van der Waals surface area contributed by atoms with Crippen LogP contribution < -0.4 is 5.32 Å². The van der Waals surface area contributed by atoms with Crippen LogP contribution in [0.1, 0.15) is 45.1 Å². The summed E-state index contributed by atoms with van der Waals surface area (Å²) in [5, 5.41) is 12.6. The van der Waals surface area contributed by atoms with Gasteiger partial charge in [-0.15, -0.1) is 0 Å². The highest BCUT2D eigenvalue weighted by atomic mass is 16.3. The Hall–Kier alpha value is -1.39. The molecule has 128 valence electrons. The van der Waals surface area contributed by atoms with Gasteiger partial charge in [0.2, 0.25) is 5.91 Å². The molecule has 2 N–H and O–H groups in total. The molecule has 1 aliphatic rings. The van der Waals surface area contributed by atoms with Crippen molar-refractivity contribution in [3.63, 3.8) is 0 Å². The molecule has 1 aliphatic heterocycles. The Labute approximate surface area is 139 Å². The lowest BCUT2D eigenvalue weighted by Crippen LogP contribution is -2.50. The van der Waals surface area contributed by atoms with Crippen LogP contribution in [0.3, 0.4) is 0 Å². The van der Waals surface area contributed by atoms with Crippen LogP contribution in [-0.2, 0) is 11.3 Å². The number of nitrogens with zero attached hydrogens (tertiary/aromatic N) is 1. The van der Waals surface area contributed by atoms with Crippen LogP contribution in [0, 0.1) is 5.41 Å². The number of amides is 1. The lowest BCUT2D eigenvalue weighted by Gasteiger charge is -2.41. The van der Waals surface area contributed by atoms with Gasteiger partial charge in [-0.3, -0.25) is 9.69 Å². The maximum Gasteiger partial charge on any atom is 0.226 e. The summed E-state index contributed by atoms with van der Waals surface area (Å²) in [6, 6.07) is 10.6. The summed E-state index contributed by atoms with van der Waals surface area (Å²) in [6.45, 7) is 6.93. The first-order valence-corrected chi connectivity index (χ1v) is 8.78. The largest absolute Gasteiger partial charge is 0.396 e. The number of aliphatic hydroxyl groups excluding tert-OH is 1. The van der Waals surface area contributed by atoms with Gasteiger partial charge in [0, 0.05) is 19.2 Å². The molecular weight excluding hydrogens is 288 g/mol. The van der Waals surface area contributed by atoms with Crippen molar-refractivity contribution in [2.45, 2.75) is 52.1 Å². The van der Waals surface area contributed by atoms with Gasteiger partial charge in [-0.25, -0.2) is 0 Å². The Morgan fingerprint density at radius 2 is 1.96 bits per heavy atom. The summed E-state index contributed by atoms with van der Waals surface area (Å²) in [5.41, 5.74) is 0.914.